The number of nitrogens with two attached hydrogens (primary N) is 1. The lowest BCUT2D eigenvalue weighted by Crippen LogP contribution is -2.32. The molecule has 0 spiro atoms. The van der Waals surface area contributed by atoms with Gasteiger partial charge in [0.15, 0.2) is 0 Å². The Kier molecular flexibility index (Phi) is 6.29. The van der Waals surface area contributed by atoms with Crippen LogP contribution >= 0.6 is 0 Å². The second kappa shape index (κ2) is 7.48. The van der Waals surface area contributed by atoms with Crippen LogP contribution in [-0.4, -0.2) is 45.3 Å². The molecule has 0 saturated heterocycles. The van der Waals surface area contributed by atoms with Gasteiger partial charge in [-0.1, -0.05) is 13.8 Å². The third kappa shape index (κ3) is 4.38. The van der Waals surface area contributed by atoms with E-state index in [9.17, 15) is 0 Å². The summed E-state index contributed by atoms with van der Waals surface area (Å²) in [4.78, 5) is 6.70. The maximum atomic E-state index is 6.18. The standard InChI is InChI=1S/C13H27N5/c1-5-17(6-2)8-7-12(14)9-13-15-10-16-18(13)11(3)4/h10-12H,5-9,14H2,1-4H3. The van der Waals surface area contributed by atoms with Gasteiger partial charge >= 0.3 is 0 Å². The fourth-order valence-corrected chi connectivity index (χ4v) is 2.08. The van der Waals surface area contributed by atoms with Crippen molar-refractivity contribution in [1.82, 2.24) is 19.7 Å². The van der Waals surface area contributed by atoms with Crippen molar-refractivity contribution in [3.8, 4) is 0 Å². The lowest BCUT2D eigenvalue weighted by atomic mass is 10.1. The highest BCUT2D eigenvalue weighted by atomic mass is 15.3. The Morgan fingerprint density at radius 2 is 2.00 bits per heavy atom. The van der Waals surface area contributed by atoms with Crippen LogP contribution in [0.2, 0.25) is 0 Å². The summed E-state index contributed by atoms with van der Waals surface area (Å²) in [6.45, 7) is 11.8. The zero-order chi connectivity index (χ0) is 13.5. The predicted octanol–water partition coefficient (Wildman–Crippen LogP) is 1.46. The molecule has 0 saturated carbocycles. The van der Waals surface area contributed by atoms with Crippen LogP contribution in [0.15, 0.2) is 6.33 Å². The van der Waals surface area contributed by atoms with Crippen LogP contribution in [0.3, 0.4) is 0 Å². The highest BCUT2D eigenvalue weighted by molar-refractivity contribution is 4.90. The van der Waals surface area contributed by atoms with E-state index in [2.05, 4.69) is 42.7 Å². The van der Waals surface area contributed by atoms with Crippen molar-refractivity contribution in [1.29, 1.82) is 0 Å². The zero-order valence-electron chi connectivity index (χ0n) is 12.1. The molecule has 0 radical (unpaired) electrons. The van der Waals surface area contributed by atoms with E-state index in [4.69, 9.17) is 5.73 Å². The molecule has 104 valence electrons. The van der Waals surface area contributed by atoms with Crippen LogP contribution in [0.25, 0.3) is 0 Å². The van der Waals surface area contributed by atoms with Crippen LogP contribution in [-0.2, 0) is 6.42 Å². The van der Waals surface area contributed by atoms with Crippen molar-refractivity contribution in [3.63, 3.8) is 0 Å². The average molecular weight is 253 g/mol. The molecule has 1 rings (SSSR count). The summed E-state index contributed by atoms with van der Waals surface area (Å²) in [6.07, 6.45) is 3.43. The van der Waals surface area contributed by atoms with Gasteiger partial charge in [-0.3, -0.25) is 0 Å². The van der Waals surface area contributed by atoms with Crippen molar-refractivity contribution in [2.75, 3.05) is 19.6 Å². The van der Waals surface area contributed by atoms with E-state index in [1.54, 1.807) is 6.33 Å². The molecule has 0 aliphatic rings. The van der Waals surface area contributed by atoms with E-state index >= 15 is 0 Å². The highest BCUT2D eigenvalue weighted by Gasteiger charge is 2.12. The van der Waals surface area contributed by atoms with Crippen molar-refractivity contribution in [2.24, 2.45) is 5.73 Å². The Morgan fingerprint density at radius 3 is 2.56 bits per heavy atom. The first-order valence-corrected chi connectivity index (χ1v) is 6.94. The SMILES string of the molecule is CCN(CC)CCC(N)Cc1ncnn1C(C)C. The molecule has 0 aromatic carbocycles. The summed E-state index contributed by atoms with van der Waals surface area (Å²) in [5.74, 6) is 0.997. The summed E-state index contributed by atoms with van der Waals surface area (Å²) in [5.41, 5.74) is 6.18. The van der Waals surface area contributed by atoms with Gasteiger partial charge in [-0.05, 0) is 39.9 Å². The number of hydrogen-bond acceptors (Lipinski definition) is 4. The molecular weight excluding hydrogens is 226 g/mol. The number of aromatic nitrogens is 3. The molecule has 1 heterocycles. The fraction of sp³-hybridized carbons (Fsp3) is 0.846. The number of nitrogens with zero attached hydrogens (tertiary/aromatic N) is 4. The van der Waals surface area contributed by atoms with E-state index in [0.717, 1.165) is 38.3 Å². The van der Waals surface area contributed by atoms with Crippen LogP contribution in [0.4, 0.5) is 0 Å². The second-order valence-corrected chi connectivity index (χ2v) is 4.99. The number of rotatable bonds is 8. The second-order valence-electron chi connectivity index (χ2n) is 4.99. The Morgan fingerprint density at radius 1 is 1.33 bits per heavy atom. The molecular formula is C13H27N5. The third-order valence-electron chi connectivity index (χ3n) is 3.29. The van der Waals surface area contributed by atoms with Gasteiger partial charge in [0, 0.05) is 18.5 Å². The molecule has 1 aromatic rings. The lowest BCUT2D eigenvalue weighted by Gasteiger charge is -2.20. The minimum absolute atomic E-state index is 0.160. The summed E-state index contributed by atoms with van der Waals surface area (Å²) in [6, 6.07) is 0.504. The molecule has 1 aromatic heterocycles. The van der Waals surface area contributed by atoms with Crippen molar-refractivity contribution in [3.05, 3.63) is 12.2 Å². The quantitative estimate of drug-likeness (QED) is 0.762. The smallest absolute Gasteiger partial charge is 0.138 e. The normalized spacial score (nSPS) is 13.5. The van der Waals surface area contributed by atoms with E-state index in [1.807, 2.05) is 4.68 Å². The van der Waals surface area contributed by atoms with Crippen LogP contribution in [0.5, 0.6) is 0 Å². The Balaban J connectivity index is 2.44. The van der Waals surface area contributed by atoms with Crippen molar-refractivity contribution < 1.29 is 0 Å². The van der Waals surface area contributed by atoms with E-state index in [-0.39, 0.29) is 6.04 Å². The Labute approximate surface area is 110 Å². The monoisotopic (exact) mass is 253 g/mol. The van der Waals surface area contributed by atoms with Gasteiger partial charge in [0.1, 0.15) is 12.2 Å². The molecule has 0 aliphatic carbocycles. The van der Waals surface area contributed by atoms with Crippen molar-refractivity contribution >= 4 is 0 Å². The number of hydrogen-bond donors (Lipinski definition) is 1. The van der Waals surface area contributed by atoms with Gasteiger partial charge < -0.3 is 10.6 Å². The van der Waals surface area contributed by atoms with Gasteiger partial charge in [0.25, 0.3) is 0 Å². The van der Waals surface area contributed by atoms with Crippen LogP contribution in [0, 0.1) is 0 Å². The fourth-order valence-electron chi connectivity index (χ4n) is 2.08. The lowest BCUT2D eigenvalue weighted by molar-refractivity contribution is 0.288. The average Bonchev–Trinajstić information content (AvgIpc) is 2.78. The van der Waals surface area contributed by atoms with Gasteiger partial charge in [0.2, 0.25) is 0 Å². The topological polar surface area (TPSA) is 60.0 Å². The molecule has 5 nitrogen and oxygen atoms in total. The summed E-state index contributed by atoms with van der Waals surface area (Å²) in [7, 11) is 0. The minimum atomic E-state index is 0.160. The summed E-state index contributed by atoms with van der Waals surface area (Å²) >= 11 is 0. The Hall–Kier alpha value is -0.940. The van der Waals surface area contributed by atoms with E-state index < -0.39 is 0 Å². The molecule has 1 atom stereocenters. The maximum absolute atomic E-state index is 6.18. The van der Waals surface area contributed by atoms with E-state index in [0.29, 0.717) is 6.04 Å². The summed E-state index contributed by atoms with van der Waals surface area (Å²) in [5, 5.41) is 4.24. The summed E-state index contributed by atoms with van der Waals surface area (Å²) < 4.78 is 1.96. The van der Waals surface area contributed by atoms with Gasteiger partial charge in [-0.2, -0.15) is 5.10 Å². The van der Waals surface area contributed by atoms with Crippen molar-refractivity contribution in [2.45, 2.75) is 52.6 Å². The van der Waals surface area contributed by atoms with Crippen LogP contribution < -0.4 is 5.73 Å². The highest BCUT2D eigenvalue weighted by Crippen LogP contribution is 2.08. The first-order valence-electron chi connectivity index (χ1n) is 6.94. The molecule has 0 amide bonds. The maximum Gasteiger partial charge on any atom is 0.138 e. The molecule has 1 unspecified atom stereocenters. The van der Waals surface area contributed by atoms with Gasteiger partial charge in [0.05, 0.1) is 0 Å². The predicted molar refractivity (Wildman–Crippen MR) is 74.5 cm³/mol. The zero-order valence-corrected chi connectivity index (χ0v) is 12.1. The molecule has 0 bridgehead atoms. The van der Waals surface area contributed by atoms with Gasteiger partial charge in [-0.25, -0.2) is 9.67 Å². The van der Waals surface area contributed by atoms with Crippen LogP contribution in [0.1, 0.15) is 46.0 Å². The molecule has 18 heavy (non-hydrogen) atoms. The Bertz CT molecular complexity index is 330. The molecule has 5 heteroatoms. The first kappa shape index (κ1) is 15.1. The molecule has 0 aliphatic heterocycles. The largest absolute Gasteiger partial charge is 0.327 e. The van der Waals surface area contributed by atoms with E-state index in [1.165, 1.54) is 0 Å². The van der Waals surface area contributed by atoms with Gasteiger partial charge in [-0.15, -0.1) is 0 Å². The third-order valence-corrected chi connectivity index (χ3v) is 3.29. The molecule has 2 N–H and O–H groups in total. The first-order chi connectivity index (χ1) is 8.58. The minimum Gasteiger partial charge on any atom is -0.327 e. The molecule has 0 fully saturated rings.